The number of rotatable bonds is 3. The van der Waals surface area contributed by atoms with Crippen molar-refractivity contribution in [2.75, 3.05) is 11.9 Å². The maximum absolute atomic E-state index is 12.5. The summed E-state index contributed by atoms with van der Waals surface area (Å²) >= 11 is 0. The normalized spacial score (nSPS) is 16.2. The fourth-order valence-electron chi connectivity index (χ4n) is 2.99. The highest BCUT2D eigenvalue weighted by molar-refractivity contribution is 6.22. The van der Waals surface area contributed by atoms with Gasteiger partial charge in [0.1, 0.15) is 17.5 Å². The number of nitrogens with zero attached hydrogens (tertiary/aromatic N) is 1. The Bertz CT molecular complexity index is 964. The van der Waals surface area contributed by atoms with E-state index >= 15 is 0 Å². The first-order valence-corrected chi connectivity index (χ1v) is 8.21. The Morgan fingerprint density at radius 2 is 1.78 bits per heavy atom. The number of carbonyl (C=O) groups excluding carboxylic acids is 4. The van der Waals surface area contributed by atoms with Crippen LogP contribution in [0.3, 0.4) is 0 Å². The third-order valence-electron chi connectivity index (χ3n) is 4.36. The maximum Gasteiger partial charge on any atom is 0.334 e. The van der Waals surface area contributed by atoms with Crippen molar-refractivity contribution >= 4 is 29.4 Å². The third kappa shape index (κ3) is 2.80. The zero-order valence-electron chi connectivity index (χ0n) is 14.2. The average molecular weight is 366 g/mol. The first kappa shape index (κ1) is 16.8. The monoisotopic (exact) mass is 366 g/mol. The van der Waals surface area contributed by atoms with Crippen LogP contribution in [0.25, 0.3) is 0 Å². The van der Waals surface area contributed by atoms with Crippen molar-refractivity contribution in [1.82, 2.24) is 4.90 Å². The molecule has 4 rings (SSSR count). The second-order valence-electron chi connectivity index (χ2n) is 6.12. The molecule has 1 N–H and O–H groups in total. The largest absolute Gasteiger partial charge is 0.482 e. The number of nitrogens with one attached hydrogen (secondary N) is 1. The first-order chi connectivity index (χ1) is 13.0. The minimum Gasteiger partial charge on any atom is -0.482 e. The minimum absolute atomic E-state index is 0.0804. The molecule has 2 aliphatic rings. The number of carbonyl (C=O) groups is 4. The van der Waals surface area contributed by atoms with Gasteiger partial charge in [0.2, 0.25) is 0 Å². The SMILES string of the molecule is CC(C(=O)Oc1ccc2c(c1)NC(=O)CO2)N1C(=O)c2ccccc2C1=O. The van der Waals surface area contributed by atoms with Crippen molar-refractivity contribution < 1.29 is 28.7 Å². The first-order valence-electron chi connectivity index (χ1n) is 8.21. The summed E-state index contributed by atoms with van der Waals surface area (Å²) in [6, 6.07) is 9.78. The van der Waals surface area contributed by atoms with E-state index in [9.17, 15) is 19.2 Å². The van der Waals surface area contributed by atoms with Crippen LogP contribution in [0.1, 0.15) is 27.6 Å². The van der Waals surface area contributed by atoms with Crippen LogP contribution in [-0.2, 0) is 9.59 Å². The minimum atomic E-state index is -1.11. The number of esters is 1. The van der Waals surface area contributed by atoms with E-state index in [2.05, 4.69) is 5.32 Å². The lowest BCUT2D eigenvalue weighted by atomic mass is 10.1. The molecule has 0 spiro atoms. The lowest BCUT2D eigenvalue weighted by Crippen LogP contribution is -2.44. The second-order valence-corrected chi connectivity index (χ2v) is 6.12. The molecule has 8 heteroatoms. The van der Waals surface area contributed by atoms with Crippen LogP contribution >= 0.6 is 0 Å². The van der Waals surface area contributed by atoms with Crippen LogP contribution in [0.5, 0.6) is 11.5 Å². The van der Waals surface area contributed by atoms with E-state index in [1.54, 1.807) is 30.3 Å². The summed E-state index contributed by atoms with van der Waals surface area (Å²) in [7, 11) is 0. The quantitative estimate of drug-likeness (QED) is 0.503. The summed E-state index contributed by atoms with van der Waals surface area (Å²) in [5.74, 6) is -1.54. The Balaban J connectivity index is 1.52. The average Bonchev–Trinajstić information content (AvgIpc) is 2.92. The molecule has 0 aromatic heterocycles. The van der Waals surface area contributed by atoms with Crippen molar-refractivity contribution in [2.24, 2.45) is 0 Å². The molecule has 2 aliphatic heterocycles. The molecule has 1 atom stereocenters. The molecule has 0 radical (unpaired) electrons. The van der Waals surface area contributed by atoms with Gasteiger partial charge in [-0.1, -0.05) is 12.1 Å². The van der Waals surface area contributed by atoms with E-state index in [4.69, 9.17) is 9.47 Å². The van der Waals surface area contributed by atoms with Crippen LogP contribution in [-0.4, -0.2) is 41.2 Å². The van der Waals surface area contributed by atoms with Crippen LogP contribution in [0.4, 0.5) is 5.69 Å². The van der Waals surface area contributed by atoms with Crippen LogP contribution in [0.2, 0.25) is 0 Å². The Kier molecular flexibility index (Phi) is 3.88. The molecule has 0 saturated heterocycles. The fourth-order valence-corrected chi connectivity index (χ4v) is 2.99. The number of hydrogen-bond acceptors (Lipinski definition) is 6. The van der Waals surface area contributed by atoms with E-state index in [0.29, 0.717) is 11.4 Å². The van der Waals surface area contributed by atoms with Gasteiger partial charge in [0, 0.05) is 6.07 Å². The number of fused-ring (bicyclic) bond motifs is 2. The van der Waals surface area contributed by atoms with Gasteiger partial charge in [-0.15, -0.1) is 0 Å². The van der Waals surface area contributed by atoms with E-state index in [1.165, 1.54) is 19.1 Å². The number of amides is 3. The Morgan fingerprint density at radius 1 is 1.11 bits per heavy atom. The highest BCUT2D eigenvalue weighted by atomic mass is 16.5. The molecule has 2 aromatic rings. The van der Waals surface area contributed by atoms with Gasteiger partial charge in [0.25, 0.3) is 17.7 Å². The fraction of sp³-hybridized carbons (Fsp3) is 0.158. The van der Waals surface area contributed by atoms with Crippen molar-refractivity contribution in [2.45, 2.75) is 13.0 Å². The van der Waals surface area contributed by atoms with Crippen molar-refractivity contribution in [3.8, 4) is 11.5 Å². The summed E-state index contributed by atoms with van der Waals surface area (Å²) in [4.78, 5) is 49.7. The van der Waals surface area contributed by atoms with Gasteiger partial charge in [-0.2, -0.15) is 0 Å². The molecule has 0 aliphatic carbocycles. The van der Waals surface area contributed by atoms with Gasteiger partial charge in [0.15, 0.2) is 6.61 Å². The summed E-state index contributed by atoms with van der Waals surface area (Å²) in [5.41, 5.74) is 0.900. The van der Waals surface area contributed by atoms with Crippen LogP contribution in [0, 0.1) is 0 Å². The molecule has 8 nitrogen and oxygen atoms in total. The zero-order valence-corrected chi connectivity index (χ0v) is 14.2. The van der Waals surface area contributed by atoms with E-state index < -0.39 is 23.8 Å². The predicted octanol–water partition coefficient (Wildman–Crippen LogP) is 1.61. The molecule has 0 fully saturated rings. The molecule has 2 aromatic carbocycles. The molecule has 136 valence electrons. The Labute approximate surface area is 153 Å². The lowest BCUT2D eigenvalue weighted by molar-refractivity contribution is -0.138. The van der Waals surface area contributed by atoms with Gasteiger partial charge < -0.3 is 14.8 Å². The van der Waals surface area contributed by atoms with Gasteiger partial charge >= 0.3 is 5.97 Å². The number of anilines is 1. The molecule has 27 heavy (non-hydrogen) atoms. The number of ether oxygens (including phenoxy) is 2. The zero-order chi connectivity index (χ0) is 19.1. The highest BCUT2D eigenvalue weighted by Gasteiger charge is 2.41. The van der Waals surface area contributed by atoms with Crippen LogP contribution in [0.15, 0.2) is 42.5 Å². The van der Waals surface area contributed by atoms with Crippen molar-refractivity contribution in [1.29, 1.82) is 0 Å². The number of hydrogen-bond donors (Lipinski definition) is 1. The molecule has 0 saturated carbocycles. The van der Waals surface area contributed by atoms with E-state index in [1.807, 2.05) is 0 Å². The number of benzene rings is 2. The Hall–Kier alpha value is -3.68. The smallest absolute Gasteiger partial charge is 0.334 e. The molecule has 2 heterocycles. The number of imide groups is 1. The van der Waals surface area contributed by atoms with E-state index in [-0.39, 0.29) is 29.4 Å². The predicted molar refractivity (Wildman–Crippen MR) is 92.6 cm³/mol. The highest BCUT2D eigenvalue weighted by Crippen LogP contribution is 2.32. The van der Waals surface area contributed by atoms with Gasteiger partial charge in [-0.25, -0.2) is 4.79 Å². The van der Waals surface area contributed by atoms with Crippen molar-refractivity contribution in [3.05, 3.63) is 53.6 Å². The Morgan fingerprint density at radius 3 is 2.44 bits per heavy atom. The molecule has 0 bridgehead atoms. The lowest BCUT2D eigenvalue weighted by Gasteiger charge is -2.22. The summed E-state index contributed by atoms with van der Waals surface area (Å²) in [5, 5.41) is 2.61. The molecule has 1 unspecified atom stereocenters. The van der Waals surface area contributed by atoms with Gasteiger partial charge in [0.05, 0.1) is 16.8 Å². The van der Waals surface area contributed by atoms with Gasteiger partial charge in [-0.05, 0) is 31.2 Å². The molecule has 3 amide bonds. The topological polar surface area (TPSA) is 102 Å². The standard InChI is InChI=1S/C19H14N2O6/c1-10(21-17(23)12-4-2-3-5-13(12)18(21)24)19(25)27-11-6-7-15-14(8-11)20-16(22)9-26-15/h2-8,10H,9H2,1H3,(H,20,22). The summed E-state index contributed by atoms with van der Waals surface area (Å²) in [6.45, 7) is 1.34. The van der Waals surface area contributed by atoms with Crippen molar-refractivity contribution in [3.63, 3.8) is 0 Å². The second kappa shape index (κ2) is 6.24. The van der Waals surface area contributed by atoms with E-state index in [0.717, 1.165) is 4.90 Å². The summed E-state index contributed by atoms with van der Waals surface area (Å²) in [6.07, 6.45) is 0. The third-order valence-corrected chi connectivity index (χ3v) is 4.36. The molecular weight excluding hydrogens is 352 g/mol. The van der Waals surface area contributed by atoms with Gasteiger partial charge in [-0.3, -0.25) is 19.3 Å². The maximum atomic E-state index is 12.5. The summed E-state index contributed by atoms with van der Waals surface area (Å²) < 4.78 is 10.5. The van der Waals surface area contributed by atoms with Crippen LogP contribution < -0.4 is 14.8 Å². The molecular formula is C19H14N2O6.